The van der Waals surface area contributed by atoms with Gasteiger partial charge >= 0.3 is 0 Å². The molecular weight excluding hydrogens is 472 g/mol. The van der Waals surface area contributed by atoms with Crippen molar-refractivity contribution in [1.82, 2.24) is 19.3 Å². The summed E-state index contributed by atoms with van der Waals surface area (Å²) in [6.45, 7) is 3.92. The Bertz CT molecular complexity index is 1520. The summed E-state index contributed by atoms with van der Waals surface area (Å²) < 4.78 is 9.47. The van der Waals surface area contributed by atoms with Gasteiger partial charge in [-0.25, -0.2) is 0 Å². The van der Waals surface area contributed by atoms with Crippen molar-refractivity contribution >= 4 is 40.3 Å². The molecule has 0 aliphatic rings. The summed E-state index contributed by atoms with van der Waals surface area (Å²) in [4.78, 5) is 9.50. The minimum atomic E-state index is -0.355. The van der Waals surface area contributed by atoms with Crippen molar-refractivity contribution in [3.05, 3.63) is 66.2 Å². The molecule has 3 aromatic heterocycles. The van der Waals surface area contributed by atoms with Gasteiger partial charge in [-0.2, -0.15) is 5.10 Å². The van der Waals surface area contributed by atoms with Gasteiger partial charge in [0.05, 0.1) is 23.7 Å². The van der Waals surface area contributed by atoms with Gasteiger partial charge < -0.3 is 10.1 Å². The van der Waals surface area contributed by atoms with Gasteiger partial charge in [-0.15, -0.1) is 0 Å². The van der Waals surface area contributed by atoms with Gasteiger partial charge in [0.1, 0.15) is 11.2 Å². The fraction of sp³-hybridized carbons (Fsp3) is 0.231. The Kier molecular flexibility index (Phi) is 7.44. The van der Waals surface area contributed by atoms with Gasteiger partial charge in [0.25, 0.3) is 0 Å². The van der Waals surface area contributed by atoms with Crippen LogP contribution in [0, 0.1) is 16.2 Å². The van der Waals surface area contributed by atoms with Crippen LogP contribution in [-0.4, -0.2) is 50.1 Å². The van der Waals surface area contributed by atoms with E-state index in [0.29, 0.717) is 5.75 Å². The lowest BCUT2D eigenvalue weighted by Gasteiger charge is -2.19. The van der Waals surface area contributed by atoms with Crippen molar-refractivity contribution in [1.29, 1.82) is 16.2 Å². The van der Waals surface area contributed by atoms with E-state index in [2.05, 4.69) is 15.1 Å². The van der Waals surface area contributed by atoms with Crippen molar-refractivity contribution in [2.24, 2.45) is 12.0 Å². The second-order valence-electron chi connectivity index (χ2n) is 8.47. The van der Waals surface area contributed by atoms with Crippen molar-refractivity contribution in [3.63, 3.8) is 0 Å². The third-order valence-electron chi connectivity index (χ3n) is 5.44. The summed E-state index contributed by atoms with van der Waals surface area (Å²) in [5.41, 5.74) is 3.53. The fourth-order valence-corrected chi connectivity index (χ4v) is 4.56. The van der Waals surface area contributed by atoms with Crippen LogP contribution in [0.1, 0.15) is 25.3 Å². The summed E-state index contributed by atoms with van der Waals surface area (Å²) in [6, 6.07) is 9.28. The number of nitrogens with one attached hydrogen (secondary N) is 3. The Morgan fingerprint density at radius 1 is 1.14 bits per heavy atom. The summed E-state index contributed by atoms with van der Waals surface area (Å²) >= 11 is 1.24. The Balaban J connectivity index is 1.73. The second kappa shape index (κ2) is 10.7. The highest BCUT2D eigenvalue weighted by molar-refractivity contribution is 8.13. The van der Waals surface area contributed by atoms with Crippen LogP contribution < -0.4 is 10.2 Å². The molecule has 3 N–H and O–H groups in total. The number of pyridine rings is 2. The van der Waals surface area contributed by atoms with E-state index in [1.165, 1.54) is 18.0 Å². The van der Waals surface area contributed by atoms with Crippen LogP contribution in [0.5, 0.6) is 5.75 Å². The number of aryl methyl sites for hydroxylation is 1. The Morgan fingerprint density at radius 3 is 2.61 bits per heavy atom. The lowest BCUT2D eigenvalue weighted by Crippen LogP contribution is -2.23. The molecule has 9 nitrogen and oxygen atoms in total. The minimum Gasteiger partial charge on any atom is -0.490 e. The van der Waals surface area contributed by atoms with Crippen LogP contribution in [0.15, 0.2) is 65.0 Å². The van der Waals surface area contributed by atoms with E-state index in [0.717, 1.165) is 32.5 Å². The molecule has 1 atom stereocenters. The number of thioether (sulfide) groups is 1. The predicted octanol–water partition coefficient (Wildman–Crippen LogP) is 4.71. The van der Waals surface area contributed by atoms with Gasteiger partial charge in [0.2, 0.25) is 0 Å². The number of ether oxygens (including phenoxy) is 1. The van der Waals surface area contributed by atoms with Gasteiger partial charge in [-0.1, -0.05) is 11.8 Å². The van der Waals surface area contributed by atoms with Gasteiger partial charge in [0, 0.05) is 72.1 Å². The van der Waals surface area contributed by atoms with Crippen LogP contribution in [0.4, 0.5) is 0 Å². The molecule has 0 aliphatic heterocycles. The van der Waals surface area contributed by atoms with Crippen LogP contribution in [0.25, 0.3) is 22.0 Å². The zero-order valence-corrected chi connectivity index (χ0v) is 21.4. The van der Waals surface area contributed by atoms with E-state index in [9.17, 15) is 0 Å². The van der Waals surface area contributed by atoms with Crippen LogP contribution in [0.3, 0.4) is 0 Å². The van der Waals surface area contributed by atoms with E-state index in [1.54, 1.807) is 47.2 Å². The Labute approximate surface area is 213 Å². The van der Waals surface area contributed by atoms with Gasteiger partial charge in [0.15, 0.2) is 5.17 Å². The van der Waals surface area contributed by atoms with Crippen LogP contribution in [0.2, 0.25) is 0 Å². The van der Waals surface area contributed by atoms with Crippen molar-refractivity contribution < 1.29 is 4.74 Å². The molecule has 0 saturated carbocycles. The van der Waals surface area contributed by atoms with Crippen molar-refractivity contribution in [2.75, 3.05) is 7.05 Å². The molecule has 1 aromatic carbocycles. The quantitative estimate of drug-likeness (QED) is 0.193. The zero-order valence-electron chi connectivity index (χ0n) is 20.6. The Hall–Kier alpha value is -4.05. The first kappa shape index (κ1) is 25.1. The molecule has 0 aliphatic carbocycles. The summed E-state index contributed by atoms with van der Waals surface area (Å²) in [7, 11) is 3.53. The fourth-order valence-electron chi connectivity index (χ4n) is 3.78. The van der Waals surface area contributed by atoms with E-state index in [4.69, 9.17) is 21.0 Å². The smallest absolute Gasteiger partial charge is 0.171 e. The number of hydrogen-bond donors (Lipinski definition) is 3. The summed E-state index contributed by atoms with van der Waals surface area (Å²) in [6.07, 6.45) is 10.1. The molecule has 0 bridgehead atoms. The topological polar surface area (TPSA) is 129 Å². The summed E-state index contributed by atoms with van der Waals surface area (Å²) in [5.74, 6) is 0.302. The highest BCUT2D eigenvalue weighted by Gasteiger charge is 2.19. The van der Waals surface area contributed by atoms with E-state index in [1.807, 2.05) is 51.4 Å². The van der Waals surface area contributed by atoms with Gasteiger partial charge in [-0.3, -0.25) is 30.0 Å². The molecule has 3 heterocycles. The van der Waals surface area contributed by atoms with E-state index < -0.39 is 0 Å². The minimum absolute atomic E-state index is 0.0782. The molecular formula is C26H28N8OS. The molecule has 0 radical (unpaired) electrons. The van der Waals surface area contributed by atoms with Gasteiger partial charge in [-0.05, 0) is 44.2 Å². The number of benzene rings is 1. The monoisotopic (exact) mass is 500 g/mol. The number of aromatic nitrogens is 4. The maximum atomic E-state index is 8.73. The summed E-state index contributed by atoms with van der Waals surface area (Å²) in [5, 5.41) is 30.1. The maximum absolute atomic E-state index is 8.73. The average Bonchev–Trinajstić information content (AvgIpc) is 3.29. The van der Waals surface area contributed by atoms with E-state index >= 15 is 0 Å². The van der Waals surface area contributed by atoms with Crippen LogP contribution >= 0.6 is 11.8 Å². The maximum Gasteiger partial charge on any atom is 0.171 e. The SMILES string of the molecule is CN=CC(C=N)c1cnc2ccc(SC(=N)n3cc(-c4cnn(C)c4)ccc3=N)cc2c1OC(C)C. The molecule has 0 spiro atoms. The number of fused-ring (bicyclic) bond motifs is 1. The number of nitrogens with zero attached hydrogens (tertiary/aromatic N) is 5. The predicted molar refractivity (Wildman–Crippen MR) is 145 cm³/mol. The third kappa shape index (κ3) is 5.28. The average molecular weight is 501 g/mol. The number of hydrogen-bond acceptors (Lipinski definition) is 8. The Morgan fingerprint density at radius 2 is 1.94 bits per heavy atom. The highest BCUT2D eigenvalue weighted by Crippen LogP contribution is 2.35. The lowest BCUT2D eigenvalue weighted by molar-refractivity contribution is 0.243. The normalized spacial score (nSPS) is 12.4. The van der Waals surface area contributed by atoms with E-state index in [-0.39, 0.29) is 22.7 Å². The molecule has 184 valence electrons. The number of aliphatic imine (C=N–C) groups is 1. The molecule has 4 rings (SSSR count). The highest BCUT2D eigenvalue weighted by atomic mass is 32.2. The van der Waals surface area contributed by atoms with Crippen molar-refractivity contribution in [3.8, 4) is 16.9 Å². The standard InChI is InChI=1S/C26H28N8OS/c1-16(2)35-25-21-9-20(6-7-23(21)31-13-22(25)18(10-27)11-30-3)36-26(29)34-15-17(5-8-24(34)28)19-12-32-33(4)14-19/h5-16,18,27-29H,1-4H3. The molecule has 0 amide bonds. The van der Waals surface area contributed by atoms with Crippen molar-refractivity contribution in [2.45, 2.75) is 30.8 Å². The largest absolute Gasteiger partial charge is 0.490 e. The first-order valence-electron chi connectivity index (χ1n) is 11.4. The molecule has 0 fully saturated rings. The number of rotatable bonds is 7. The molecule has 0 saturated heterocycles. The first-order chi connectivity index (χ1) is 17.3. The molecule has 1 unspecified atom stereocenters. The molecule has 36 heavy (non-hydrogen) atoms. The molecule has 10 heteroatoms. The third-order valence-corrected chi connectivity index (χ3v) is 6.32. The lowest BCUT2D eigenvalue weighted by atomic mass is 10.00. The first-order valence-corrected chi connectivity index (χ1v) is 12.2. The second-order valence-corrected chi connectivity index (χ2v) is 9.53. The zero-order chi connectivity index (χ0) is 25.8. The molecule has 4 aromatic rings. The van der Waals surface area contributed by atoms with Crippen LogP contribution in [-0.2, 0) is 7.05 Å².